The molecule has 0 radical (unpaired) electrons. The zero-order valence-electron chi connectivity index (χ0n) is 10.5. The summed E-state index contributed by atoms with van der Waals surface area (Å²) in [4.78, 5) is 23.5. The maximum absolute atomic E-state index is 11.5. The lowest BCUT2D eigenvalue weighted by atomic mass is 10.2. The van der Waals surface area contributed by atoms with Gasteiger partial charge in [-0.05, 0) is 20.8 Å². The van der Waals surface area contributed by atoms with Crippen LogP contribution in [0.25, 0.3) is 0 Å². The van der Waals surface area contributed by atoms with Gasteiger partial charge < -0.3 is 19.1 Å². The number of ether oxygens (including phenoxy) is 3. The molecule has 7 heteroatoms. The van der Waals surface area contributed by atoms with Crippen LogP contribution in [-0.4, -0.2) is 49.0 Å². The Balaban J connectivity index is 3.82. The summed E-state index contributed by atoms with van der Waals surface area (Å²) in [5, 5.41) is 0. The second-order valence-electron chi connectivity index (χ2n) is 4.25. The molecular formula is C10H18ClNO5. The second-order valence-corrected chi connectivity index (χ2v) is 4.47. The van der Waals surface area contributed by atoms with Crippen molar-refractivity contribution in [3.63, 3.8) is 0 Å². The lowest BCUT2D eigenvalue weighted by Crippen LogP contribution is -2.36. The van der Waals surface area contributed by atoms with Gasteiger partial charge in [0, 0.05) is 7.05 Å². The van der Waals surface area contributed by atoms with Gasteiger partial charge in [-0.2, -0.15) is 0 Å². The van der Waals surface area contributed by atoms with Crippen LogP contribution in [0.4, 0.5) is 9.59 Å². The molecule has 0 aliphatic heterocycles. The van der Waals surface area contributed by atoms with Gasteiger partial charge in [0.1, 0.15) is 12.2 Å². The number of amides is 1. The minimum absolute atomic E-state index is 0.0193. The van der Waals surface area contributed by atoms with Gasteiger partial charge >= 0.3 is 12.2 Å². The monoisotopic (exact) mass is 267 g/mol. The molecule has 0 N–H and O–H groups in total. The fraction of sp³-hybridized carbons (Fsp3) is 0.800. The summed E-state index contributed by atoms with van der Waals surface area (Å²) in [6.45, 7) is 5.55. The minimum Gasteiger partial charge on any atom is -0.444 e. The maximum Gasteiger partial charge on any atom is 0.509 e. The van der Waals surface area contributed by atoms with E-state index in [1.54, 1.807) is 27.8 Å². The van der Waals surface area contributed by atoms with E-state index in [9.17, 15) is 9.59 Å². The molecule has 0 saturated heterocycles. The molecule has 1 amide bonds. The number of carbonyl (C=O) groups excluding carboxylic acids is 2. The smallest absolute Gasteiger partial charge is 0.444 e. The quantitative estimate of drug-likeness (QED) is 0.577. The van der Waals surface area contributed by atoms with Gasteiger partial charge in [-0.3, -0.25) is 0 Å². The van der Waals surface area contributed by atoms with E-state index in [0.29, 0.717) is 0 Å². The molecule has 6 nitrogen and oxygen atoms in total. The van der Waals surface area contributed by atoms with Crippen LogP contribution in [0.15, 0.2) is 0 Å². The maximum atomic E-state index is 11.5. The van der Waals surface area contributed by atoms with E-state index in [1.165, 1.54) is 4.90 Å². The Morgan fingerprint density at radius 3 is 2.29 bits per heavy atom. The van der Waals surface area contributed by atoms with Gasteiger partial charge in [0.05, 0.1) is 6.54 Å². The first-order chi connectivity index (χ1) is 7.76. The van der Waals surface area contributed by atoms with Gasteiger partial charge in [-0.1, -0.05) is 11.6 Å². The molecule has 0 heterocycles. The molecule has 0 aliphatic rings. The Bertz CT molecular complexity index is 264. The highest BCUT2D eigenvalue weighted by atomic mass is 35.5. The molecule has 0 aromatic carbocycles. The average Bonchev–Trinajstić information content (AvgIpc) is 2.15. The number of likely N-dealkylation sites (N-methyl/N-ethyl adjacent to an activating group) is 1. The van der Waals surface area contributed by atoms with Crippen molar-refractivity contribution in [2.24, 2.45) is 0 Å². The summed E-state index contributed by atoms with van der Waals surface area (Å²) >= 11 is 5.15. The van der Waals surface area contributed by atoms with Gasteiger partial charge in [0.15, 0.2) is 6.07 Å². The number of rotatable bonds is 4. The van der Waals surface area contributed by atoms with E-state index < -0.39 is 17.8 Å². The van der Waals surface area contributed by atoms with Crippen LogP contribution < -0.4 is 0 Å². The number of hydrogen-bond acceptors (Lipinski definition) is 5. The number of halogens is 1. The van der Waals surface area contributed by atoms with Crippen LogP contribution in [0.2, 0.25) is 0 Å². The fourth-order valence-electron chi connectivity index (χ4n) is 0.783. The van der Waals surface area contributed by atoms with Gasteiger partial charge in [-0.15, -0.1) is 0 Å². The molecule has 17 heavy (non-hydrogen) atoms. The van der Waals surface area contributed by atoms with Crippen LogP contribution in [0.1, 0.15) is 20.8 Å². The molecule has 0 rings (SSSR count). The Morgan fingerprint density at radius 1 is 1.24 bits per heavy atom. The first-order valence-electron chi connectivity index (χ1n) is 5.06. The van der Waals surface area contributed by atoms with Crippen molar-refractivity contribution in [3.8, 4) is 0 Å². The molecule has 0 atom stereocenters. The van der Waals surface area contributed by atoms with Crippen LogP contribution in [0.3, 0.4) is 0 Å². The van der Waals surface area contributed by atoms with Crippen LogP contribution in [0, 0.1) is 0 Å². The number of hydrogen-bond donors (Lipinski definition) is 0. The summed E-state index contributed by atoms with van der Waals surface area (Å²) < 4.78 is 14.1. The van der Waals surface area contributed by atoms with Crippen LogP contribution in [0.5, 0.6) is 0 Å². The lowest BCUT2D eigenvalue weighted by molar-refractivity contribution is 0.0217. The number of carbonyl (C=O) groups is 2. The molecule has 0 saturated carbocycles. The lowest BCUT2D eigenvalue weighted by Gasteiger charge is -2.24. The van der Waals surface area contributed by atoms with E-state index in [1.807, 2.05) is 0 Å². The summed E-state index contributed by atoms with van der Waals surface area (Å²) in [6, 6.07) is -0.263. The largest absolute Gasteiger partial charge is 0.509 e. The highest BCUT2D eigenvalue weighted by molar-refractivity contribution is 6.17. The predicted molar refractivity (Wildman–Crippen MR) is 62.0 cm³/mol. The molecule has 0 aliphatic carbocycles. The second kappa shape index (κ2) is 7.21. The summed E-state index contributed by atoms with van der Waals surface area (Å²) in [6.07, 6.45) is -1.34. The summed E-state index contributed by atoms with van der Waals surface area (Å²) in [7, 11) is 1.55. The third-order valence-corrected chi connectivity index (χ3v) is 1.63. The molecule has 0 fully saturated rings. The van der Waals surface area contributed by atoms with Crippen LogP contribution in [-0.2, 0) is 14.2 Å². The van der Waals surface area contributed by atoms with E-state index in [-0.39, 0.29) is 19.2 Å². The molecular weight excluding hydrogens is 250 g/mol. The third kappa shape index (κ3) is 8.62. The third-order valence-electron chi connectivity index (χ3n) is 1.52. The van der Waals surface area contributed by atoms with E-state index in [4.69, 9.17) is 16.3 Å². The van der Waals surface area contributed by atoms with Crippen molar-refractivity contribution in [2.45, 2.75) is 26.4 Å². The SMILES string of the molecule is CN(CCOC(=O)OCCl)C(=O)OC(C)(C)C. The van der Waals surface area contributed by atoms with Gasteiger partial charge in [0.25, 0.3) is 0 Å². The van der Waals surface area contributed by atoms with Crippen molar-refractivity contribution in [1.29, 1.82) is 0 Å². The topological polar surface area (TPSA) is 65.1 Å². The number of nitrogens with zero attached hydrogens (tertiary/aromatic N) is 1. The average molecular weight is 268 g/mol. The number of alkyl halides is 1. The highest BCUT2D eigenvalue weighted by Crippen LogP contribution is 2.08. The van der Waals surface area contributed by atoms with Crippen molar-refractivity contribution in [1.82, 2.24) is 4.90 Å². The standard InChI is InChI=1S/C10H18ClNO5/c1-10(2,3)17-8(13)12(4)5-6-15-9(14)16-7-11/h5-7H2,1-4H3. The Hall–Kier alpha value is -1.17. The highest BCUT2D eigenvalue weighted by Gasteiger charge is 2.19. The van der Waals surface area contributed by atoms with Crippen molar-refractivity contribution >= 4 is 23.8 Å². The normalized spacial score (nSPS) is 10.6. The molecule has 0 bridgehead atoms. The zero-order valence-corrected chi connectivity index (χ0v) is 11.2. The van der Waals surface area contributed by atoms with E-state index in [0.717, 1.165) is 0 Å². The molecule has 0 aromatic rings. The van der Waals surface area contributed by atoms with E-state index >= 15 is 0 Å². The molecule has 0 spiro atoms. The Morgan fingerprint density at radius 2 is 1.82 bits per heavy atom. The first kappa shape index (κ1) is 15.8. The molecule has 100 valence electrons. The minimum atomic E-state index is -0.863. The Labute approximate surface area is 106 Å². The molecule has 0 aromatic heterocycles. The molecule has 0 unspecified atom stereocenters. The zero-order chi connectivity index (χ0) is 13.5. The van der Waals surface area contributed by atoms with Crippen LogP contribution >= 0.6 is 11.6 Å². The fourth-order valence-corrected chi connectivity index (χ4v) is 0.872. The van der Waals surface area contributed by atoms with E-state index in [2.05, 4.69) is 9.47 Å². The van der Waals surface area contributed by atoms with Gasteiger partial charge in [0.2, 0.25) is 0 Å². The van der Waals surface area contributed by atoms with Crippen molar-refractivity contribution in [2.75, 3.05) is 26.3 Å². The summed E-state index contributed by atoms with van der Waals surface area (Å²) in [5.41, 5.74) is -0.552. The first-order valence-corrected chi connectivity index (χ1v) is 5.59. The predicted octanol–water partition coefficient (Wildman–Crippen LogP) is 2.20. The van der Waals surface area contributed by atoms with Crippen molar-refractivity contribution in [3.05, 3.63) is 0 Å². The summed E-state index contributed by atoms with van der Waals surface area (Å²) in [5.74, 6) is 0. The van der Waals surface area contributed by atoms with Crippen molar-refractivity contribution < 1.29 is 23.8 Å². The Kier molecular flexibility index (Phi) is 6.72. The van der Waals surface area contributed by atoms with Gasteiger partial charge in [-0.25, -0.2) is 9.59 Å².